The molecule has 1 saturated carbocycles. The molecule has 3 heteroatoms. The van der Waals surface area contributed by atoms with Crippen LogP contribution in [0, 0.1) is 18.8 Å². The van der Waals surface area contributed by atoms with Gasteiger partial charge in [0.2, 0.25) is 0 Å². The highest BCUT2D eigenvalue weighted by atomic mass is 16.3. The molecule has 0 aliphatic heterocycles. The maximum Gasteiger partial charge on any atom is 0.120 e. The molecule has 0 heterocycles. The van der Waals surface area contributed by atoms with E-state index in [2.05, 4.69) is 5.32 Å². The van der Waals surface area contributed by atoms with Crippen molar-refractivity contribution in [3.05, 3.63) is 29.3 Å². The Balaban J connectivity index is 1.83. The highest BCUT2D eigenvalue weighted by Crippen LogP contribution is 2.29. The molecule has 0 radical (unpaired) electrons. The van der Waals surface area contributed by atoms with Gasteiger partial charge < -0.3 is 15.5 Å². The number of phenols is 1. The summed E-state index contributed by atoms with van der Waals surface area (Å²) in [5, 5.41) is 22.6. The first-order valence-corrected chi connectivity index (χ1v) is 7.30. The Labute approximate surface area is 115 Å². The van der Waals surface area contributed by atoms with Gasteiger partial charge in [0.15, 0.2) is 0 Å². The average molecular weight is 263 g/mol. The van der Waals surface area contributed by atoms with Gasteiger partial charge in [0.1, 0.15) is 5.75 Å². The van der Waals surface area contributed by atoms with Crippen LogP contribution < -0.4 is 5.32 Å². The van der Waals surface area contributed by atoms with Gasteiger partial charge in [-0.15, -0.1) is 0 Å². The molecule has 1 fully saturated rings. The number of rotatable bonds is 5. The predicted octanol–water partition coefficient (Wildman–Crippen LogP) is 2.59. The van der Waals surface area contributed by atoms with Gasteiger partial charge in [-0.05, 0) is 44.2 Å². The summed E-state index contributed by atoms with van der Waals surface area (Å²) in [4.78, 5) is 0. The number of aryl methyl sites for hydroxylation is 1. The van der Waals surface area contributed by atoms with Gasteiger partial charge in [0.05, 0.1) is 0 Å². The zero-order chi connectivity index (χ0) is 13.7. The van der Waals surface area contributed by atoms with E-state index in [1.54, 1.807) is 6.07 Å². The molecule has 106 valence electrons. The van der Waals surface area contributed by atoms with E-state index in [0.717, 1.165) is 18.5 Å². The van der Waals surface area contributed by atoms with Crippen molar-refractivity contribution in [3.8, 4) is 5.75 Å². The van der Waals surface area contributed by atoms with Crippen LogP contribution in [0.4, 0.5) is 0 Å². The van der Waals surface area contributed by atoms with E-state index in [0.29, 0.717) is 30.7 Å². The number of aliphatic hydroxyl groups is 1. The molecule has 19 heavy (non-hydrogen) atoms. The van der Waals surface area contributed by atoms with Crippen LogP contribution >= 0.6 is 0 Å². The maximum absolute atomic E-state index is 9.79. The largest absolute Gasteiger partial charge is 0.508 e. The summed E-state index contributed by atoms with van der Waals surface area (Å²) in [6.45, 7) is 3.97. The van der Waals surface area contributed by atoms with E-state index >= 15 is 0 Å². The predicted molar refractivity (Wildman–Crippen MR) is 77.1 cm³/mol. The van der Waals surface area contributed by atoms with Gasteiger partial charge in [-0.25, -0.2) is 0 Å². The second-order valence-electron chi connectivity index (χ2n) is 5.75. The number of hydrogen-bond acceptors (Lipinski definition) is 3. The van der Waals surface area contributed by atoms with Gasteiger partial charge in [-0.3, -0.25) is 0 Å². The fraction of sp³-hybridized carbons (Fsp3) is 0.625. The molecular weight excluding hydrogens is 238 g/mol. The standard InChI is InChI=1S/C16H25NO2/c1-12-6-7-16(19)15(8-12)10-17-9-13-4-2-3-5-14(13)11-18/h6-8,13-14,17-19H,2-5,9-11H2,1H3. The van der Waals surface area contributed by atoms with Crippen molar-refractivity contribution in [1.29, 1.82) is 0 Å². The van der Waals surface area contributed by atoms with Crippen molar-refractivity contribution in [2.45, 2.75) is 39.2 Å². The summed E-state index contributed by atoms with van der Waals surface area (Å²) in [7, 11) is 0. The molecule has 0 amide bonds. The van der Waals surface area contributed by atoms with Crippen LogP contribution in [0.3, 0.4) is 0 Å². The minimum atomic E-state index is 0.308. The number of phenolic OH excluding ortho intramolecular Hbond substituents is 1. The van der Waals surface area contributed by atoms with Crippen molar-refractivity contribution in [2.24, 2.45) is 11.8 Å². The van der Waals surface area contributed by atoms with E-state index in [1.165, 1.54) is 24.8 Å². The molecule has 2 atom stereocenters. The lowest BCUT2D eigenvalue weighted by atomic mass is 9.79. The van der Waals surface area contributed by atoms with E-state index in [4.69, 9.17) is 0 Å². The summed E-state index contributed by atoms with van der Waals surface area (Å²) >= 11 is 0. The number of hydrogen-bond donors (Lipinski definition) is 3. The zero-order valence-electron chi connectivity index (χ0n) is 11.7. The lowest BCUT2D eigenvalue weighted by Gasteiger charge is -2.30. The molecule has 3 N–H and O–H groups in total. The minimum absolute atomic E-state index is 0.308. The van der Waals surface area contributed by atoms with E-state index < -0.39 is 0 Å². The minimum Gasteiger partial charge on any atom is -0.508 e. The van der Waals surface area contributed by atoms with Crippen LogP contribution in [-0.2, 0) is 6.54 Å². The Morgan fingerprint density at radius 1 is 1.21 bits per heavy atom. The highest BCUT2D eigenvalue weighted by molar-refractivity contribution is 5.35. The molecule has 1 aromatic rings. The van der Waals surface area contributed by atoms with Gasteiger partial charge in [0, 0.05) is 18.7 Å². The van der Waals surface area contributed by atoms with Crippen molar-refractivity contribution < 1.29 is 10.2 Å². The van der Waals surface area contributed by atoms with Crippen LogP contribution in [0.25, 0.3) is 0 Å². The van der Waals surface area contributed by atoms with Crippen molar-refractivity contribution in [2.75, 3.05) is 13.2 Å². The third-order valence-electron chi connectivity index (χ3n) is 4.26. The molecule has 2 rings (SSSR count). The smallest absolute Gasteiger partial charge is 0.120 e. The summed E-state index contributed by atoms with van der Waals surface area (Å²) < 4.78 is 0. The summed E-state index contributed by atoms with van der Waals surface area (Å²) in [6, 6.07) is 5.69. The van der Waals surface area contributed by atoms with Crippen LogP contribution in [0.5, 0.6) is 5.75 Å². The third kappa shape index (κ3) is 3.95. The molecule has 0 spiro atoms. The number of aliphatic hydroxyl groups excluding tert-OH is 1. The molecule has 1 aromatic carbocycles. The Morgan fingerprint density at radius 2 is 1.95 bits per heavy atom. The van der Waals surface area contributed by atoms with Crippen molar-refractivity contribution in [1.82, 2.24) is 5.32 Å². The van der Waals surface area contributed by atoms with Crippen LogP contribution in [0.2, 0.25) is 0 Å². The fourth-order valence-corrected chi connectivity index (χ4v) is 3.04. The number of aromatic hydroxyl groups is 1. The molecule has 2 unspecified atom stereocenters. The quantitative estimate of drug-likeness (QED) is 0.765. The second-order valence-corrected chi connectivity index (χ2v) is 5.75. The molecule has 0 bridgehead atoms. The summed E-state index contributed by atoms with van der Waals surface area (Å²) in [5.41, 5.74) is 2.12. The first kappa shape index (κ1) is 14.4. The van der Waals surface area contributed by atoms with Crippen LogP contribution in [-0.4, -0.2) is 23.4 Å². The summed E-state index contributed by atoms with van der Waals surface area (Å²) in [6.07, 6.45) is 4.88. The Bertz CT molecular complexity index is 406. The third-order valence-corrected chi connectivity index (χ3v) is 4.26. The first-order valence-electron chi connectivity index (χ1n) is 7.30. The number of benzene rings is 1. The lowest BCUT2D eigenvalue weighted by molar-refractivity contribution is 0.133. The van der Waals surface area contributed by atoms with Crippen molar-refractivity contribution in [3.63, 3.8) is 0 Å². The van der Waals surface area contributed by atoms with Crippen LogP contribution in [0.15, 0.2) is 18.2 Å². The maximum atomic E-state index is 9.79. The molecule has 3 nitrogen and oxygen atoms in total. The Kier molecular flexibility index (Phi) is 5.23. The van der Waals surface area contributed by atoms with E-state index in [9.17, 15) is 10.2 Å². The SMILES string of the molecule is Cc1ccc(O)c(CNCC2CCCCC2CO)c1. The average Bonchev–Trinajstić information content (AvgIpc) is 2.43. The highest BCUT2D eigenvalue weighted by Gasteiger charge is 2.23. The molecular formula is C16H25NO2. The zero-order valence-corrected chi connectivity index (χ0v) is 11.7. The van der Waals surface area contributed by atoms with Gasteiger partial charge in [0.25, 0.3) is 0 Å². The normalized spacial score (nSPS) is 23.5. The van der Waals surface area contributed by atoms with Gasteiger partial charge in [-0.2, -0.15) is 0 Å². The Morgan fingerprint density at radius 3 is 2.68 bits per heavy atom. The molecule has 0 aromatic heterocycles. The fourth-order valence-electron chi connectivity index (χ4n) is 3.04. The first-order chi connectivity index (χ1) is 9.20. The number of nitrogens with one attached hydrogen (secondary N) is 1. The van der Waals surface area contributed by atoms with E-state index in [-0.39, 0.29) is 0 Å². The van der Waals surface area contributed by atoms with Crippen molar-refractivity contribution >= 4 is 0 Å². The Hall–Kier alpha value is -1.06. The summed E-state index contributed by atoms with van der Waals surface area (Å²) in [5.74, 6) is 1.39. The molecule has 0 saturated heterocycles. The molecule has 1 aliphatic carbocycles. The molecule has 1 aliphatic rings. The van der Waals surface area contributed by atoms with E-state index in [1.807, 2.05) is 19.1 Å². The lowest BCUT2D eigenvalue weighted by Crippen LogP contribution is -2.32. The van der Waals surface area contributed by atoms with Gasteiger partial charge >= 0.3 is 0 Å². The second kappa shape index (κ2) is 6.92. The monoisotopic (exact) mass is 263 g/mol. The van der Waals surface area contributed by atoms with Gasteiger partial charge in [-0.1, -0.05) is 30.5 Å². The van der Waals surface area contributed by atoms with Crippen LogP contribution in [0.1, 0.15) is 36.8 Å². The topological polar surface area (TPSA) is 52.5 Å².